The van der Waals surface area contributed by atoms with Crippen LogP contribution in [0.3, 0.4) is 0 Å². The molecule has 0 saturated heterocycles. The zero-order valence-electron chi connectivity index (χ0n) is 10.8. The molecule has 1 aliphatic carbocycles. The Balaban J connectivity index is 1.55. The molecule has 1 aromatic carbocycles. The van der Waals surface area contributed by atoms with Gasteiger partial charge >= 0.3 is 5.97 Å². The number of hydrogen-bond donors (Lipinski definition) is 1. The summed E-state index contributed by atoms with van der Waals surface area (Å²) in [5.74, 6) is 1.80. The highest BCUT2D eigenvalue weighted by atomic mass is 32.2. The van der Waals surface area contributed by atoms with Gasteiger partial charge in [0, 0.05) is 10.8 Å². The van der Waals surface area contributed by atoms with Gasteiger partial charge in [-0.3, -0.25) is 4.79 Å². The van der Waals surface area contributed by atoms with Gasteiger partial charge in [-0.1, -0.05) is 17.3 Å². The number of carbonyl (C=O) groups is 1. The maximum atomic E-state index is 10.6. The van der Waals surface area contributed by atoms with Crippen LogP contribution >= 0.6 is 11.8 Å². The summed E-state index contributed by atoms with van der Waals surface area (Å²) in [6.45, 7) is 0. The predicted octanol–water partition coefficient (Wildman–Crippen LogP) is 2.87. The Hall–Kier alpha value is -1.82. The van der Waals surface area contributed by atoms with E-state index in [0.29, 0.717) is 17.6 Å². The van der Waals surface area contributed by atoms with E-state index in [1.54, 1.807) is 11.8 Å². The van der Waals surface area contributed by atoms with E-state index < -0.39 is 5.97 Å². The van der Waals surface area contributed by atoms with Gasteiger partial charge in [0.1, 0.15) is 0 Å². The van der Waals surface area contributed by atoms with Crippen LogP contribution in [0.4, 0.5) is 0 Å². The zero-order valence-corrected chi connectivity index (χ0v) is 11.6. The van der Waals surface area contributed by atoms with E-state index in [0.717, 1.165) is 29.1 Å². The van der Waals surface area contributed by atoms with Gasteiger partial charge < -0.3 is 9.63 Å². The van der Waals surface area contributed by atoms with Crippen molar-refractivity contribution in [3.63, 3.8) is 0 Å². The van der Waals surface area contributed by atoms with E-state index in [1.165, 1.54) is 0 Å². The number of aromatic nitrogens is 2. The molecule has 1 saturated carbocycles. The van der Waals surface area contributed by atoms with Crippen LogP contribution in [-0.4, -0.2) is 21.2 Å². The fourth-order valence-corrected chi connectivity index (χ4v) is 2.59. The third-order valence-electron chi connectivity index (χ3n) is 3.07. The van der Waals surface area contributed by atoms with Crippen molar-refractivity contribution in [1.82, 2.24) is 10.1 Å². The van der Waals surface area contributed by atoms with Crippen molar-refractivity contribution in [2.24, 2.45) is 0 Å². The van der Waals surface area contributed by atoms with E-state index in [1.807, 2.05) is 24.3 Å². The van der Waals surface area contributed by atoms with Crippen molar-refractivity contribution in [2.75, 3.05) is 0 Å². The van der Waals surface area contributed by atoms with Gasteiger partial charge in [0.2, 0.25) is 5.89 Å². The predicted molar refractivity (Wildman–Crippen MR) is 73.6 cm³/mol. The van der Waals surface area contributed by atoms with Crippen LogP contribution in [0.15, 0.2) is 33.7 Å². The summed E-state index contributed by atoms with van der Waals surface area (Å²) in [4.78, 5) is 16.0. The molecular formula is C14H14N2O3S. The molecule has 0 radical (unpaired) electrons. The zero-order chi connectivity index (χ0) is 13.9. The molecule has 0 aliphatic heterocycles. The maximum absolute atomic E-state index is 10.6. The minimum Gasteiger partial charge on any atom is -0.481 e. The van der Waals surface area contributed by atoms with Crippen molar-refractivity contribution >= 4 is 17.7 Å². The van der Waals surface area contributed by atoms with Crippen LogP contribution < -0.4 is 0 Å². The van der Waals surface area contributed by atoms with Crippen molar-refractivity contribution < 1.29 is 14.4 Å². The lowest BCUT2D eigenvalue weighted by Gasteiger charge is -2.00. The number of carboxylic acids is 1. The molecule has 3 rings (SSSR count). The topological polar surface area (TPSA) is 76.2 Å². The highest BCUT2D eigenvalue weighted by molar-refractivity contribution is 7.98. The minimum absolute atomic E-state index is 0.0549. The quantitative estimate of drug-likeness (QED) is 0.824. The van der Waals surface area contributed by atoms with Gasteiger partial charge in [-0.2, -0.15) is 4.98 Å². The molecule has 1 N–H and O–H groups in total. The molecule has 1 aliphatic rings. The molecular weight excluding hydrogens is 276 g/mol. The van der Waals surface area contributed by atoms with Gasteiger partial charge in [-0.15, -0.1) is 11.8 Å². The molecule has 0 bridgehead atoms. The van der Waals surface area contributed by atoms with E-state index in [9.17, 15) is 4.79 Å². The Bertz CT molecular complexity index is 605. The van der Waals surface area contributed by atoms with Crippen molar-refractivity contribution in [3.8, 4) is 0 Å². The molecule has 2 aromatic rings. The second-order valence-corrected chi connectivity index (χ2v) is 5.87. The van der Waals surface area contributed by atoms with Gasteiger partial charge in [0.15, 0.2) is 5.82 Å². The van der Waals surface area contributed by atoms with Crippen LogP contribution in [0.5, 0.6) is 0 Å². The Labute approximate surface area is 120 Å². The average molecular weight is 290 g/mol. The highest BCUT2D eigenvalue weighted by Crippen LogP contribution is 2.38. The number of hydrogen-bond acceptors (Lipinski definition) is 5. The summed E-state index contributed by atoms with van der Waals surface area (Å²) in [6, 6.07) is 7.50. The number of benzene rings is 1. The maximum Gasteiger partial charge on any atom is 0.307 e. The van der Waals surface area contributed by atoms with Crippen LogP contribution in [-0.2, 0) is 17.0 Å². The standard InChI is InChI=1S/C14H14N2O3S/c17-13(18)7-9-1-5-11(6-2-9)20-8-12-15-14(16-19-12)10-3-4-10/h1-2,5-6,10H,3-4,7-8H2,(H,17,18). The molecule has 1 fully saturated rings. The van der Waals surface area contributed by atoms with Gasteiger partial charge in [-0.05, 0) is 30.5 Å². The molecule has 104 valence electrons. The first-order valence-electron chi connectivity index (χ1n) is 6.47. The lowest BCUT2D eigenvalue weighted by Crippen LogP contribution is -1.99. The first-order valence-corrected chi connectivity index (χ1v) is 7.45. The second kappa shape index (κ2) is 5.66. The van der Waals surface area contributed by atoms with Crippen molar-refractivity contribution in [3.05, 3.63) is 41.5 Å². The highest BCUT2D eigenvalue weighted by Gasteiger charge is 2.28. The van der Waals surface area contributed by atoms with Crippen LogP contribution in [0.2, 0.25) is 0 Å². The van der Waals surface area contributed by atoms with Crippen molar-refractivity contribution in [2.45, 2.75) is 35.8 Å². The van der Waals surface area contributed by atoms with Crippen molar-refractivity contribution in [1.29, 1.82) is 0 Å². The summed E-state index contributed by atoms with van der Waals surface area (Å²) < 4.78 is 5.20. The molecule has 6 heteroatoms. The normalized spacial score (nSPS) is 14.4. The smallest absolute Gasteiger partial charge is 0.307 e. The first-order chi connectivity index (χ1) is 9.70. The Morgan fingerprint density at radius 2 is 2.10 bits per heavy atom. The van der Waals surface area contributed by atoms with Crippen LogP contribution in [0, 0.1) is 0 Å². The summed E-state index contributed by atoms with van der Waals surface area (Å²) in [5.41, 5.74) is 0.802. The summed E-state index contributed by atoms with van der Waals surface area (Å²) in [7, 11) is 0. The minimum atomic E-state index is -0.816. The molecule has 0 unspecified atom stereocenters. The fourth-order valence-electron chi connectivity index (χ4n) is 1.86. The number of rotatable bonds is 6. The van der Waals surface area contributed by atoms with Crippen LogP contribution in [0.1, 0.15) is 36.0 Å². The first kappa shape index (κ1) is 13.2. The Morgan fingerprint density at radius 1 is 1.35 bits per heavy atom. The van der Waals surface area contributed by atoms with Gasteiger partial charge in [0.05, 0.1) is 12.2 Å². The van der Waals surface area contributed by atoms with E-state index in [4.69, 9.17) is 9.63 Å². The lowest BCUT2D eigenvalue weighted by atomic mass is 10.2. The second-order valence-electron chi connectivity index (χ2n) is 4.82. The number of thioether (sulfide) groups is 1. The van der Waals surface area contributed by atoms with Crippen LogP contribution in [0.25, 0.3) is 0 Å². The number of nitrogens with zero attached hydrogens (tertiary/aromatic N) is 2. The molecule has 1 aromatic heterocycles. The third kappa shape index (κ3) is 3.39. The molecule has 5 nitrogen and oxygen atoms in total. The van der Waals surface area contributed by atoms with Gasteiger partial charge in [0.25, 0.3) is 0 Å². The molecule has 0 amide bonds. The monoisotopic (exact) mass is 290 g/mol. The van der Waals surface area contributed by atoms with E-state index in [-0.39, 0.29) is 6.42 Å². The summed E-state index contributed by atoms with van der Waals surface area (Å²) >= 11 is 1.60. The molecule has 20 heavy (non-hydrogen) atoms. The Morgan fingerprint density at radius 3 is 2.75 bits per heavy atom. The SMILES string of the molecule is O=C(O)Cc1ccc(SCc2nc(C3CC3)no2)cc1. The Kier molecular flexibility index (Phi) is 3.73. The van der Waals surface area contributed by atoms with E-state index in [2.05, 4.69) is 10.1 Å². The number of carboxylic acid groups (broad SMARTS) is 1. The van der Waals surface area contributed by atoms with Gasteiger partial charge in [-0.25, -0.2) is 0 Å². The average Bonchev–Trinajstić information content (AvgIpc) is 3.17. The summed E-state index contributed by atoms with van der Waals surface area (Å²) in [5, 5.41) is 12.7. The fraction of sp³-hybridized carbons (Fsp3) is 0.357. The number of aliphatic carboxylic acids is 1. The third-order valence-corrected chi connectivity index (χ3v) is 4.06. The lowest BCUT2D eigenvalue weighted by molar-refractivity contribution is -0.136. The van der Waals surface area contributed by atoms with E-state index >= 15 is 0 Å². The summed E-state index contributed by atoms with van der Waals surface area (Å²) in [6.07, 6.45) is 2.38. The molecule has 0 atom stereocenters. The molecule has 1 heterocycles. The largest absolute Gasteiger partial charge is 0.481 e. The molecule has 0 spiro atoms.